The van der Waals surface area contributed by atoms with Gasteiger partial charge in [0.05, 0.1) is 0 Å². The summed E-state index contributed by atoms with van der Waals surface area (Å²) >= 11 is 0. The summed E-state index contributed by atoms with van der Waals surface area (Å²) in [6.45, 7) is 13.9. The number of hydrogen-bond acceptors (Lipinski definition) is 0. The summed E-state index contributed by atoms with van der Waals surface area (Å²) in [7, 11) is 0. The van der Waals surface area contributed by atoms with Crippen LogP contribution in [0.4, 0.5) is 0 Å². The fourth-order valence-electron chi connectivity index (χ4n) is 6.48. The summed E-state index contributed by atoms with van der Waals surface area (Å²) in [4.78, 5) is 0. The van der Waals surface area contributed by atoms with Gasteiger partial charge in [0, 0.05) is 17.8 Å². The van der Waals surface area contributed by atoms with E-state index in [-0.39, 0.29) is 10.8 Å². The van der Waals surface area contributed by atoms with Crippen LogP contribution in [0.5, 0.6) is 0 Å². The molecule has 0 bridgehead atoms. The minimum Gasteiger partial charge on any atom is -0.0799 e. The minimum absolute atomic E-state index is 0.0938. The van der Waals surface area contributed by atoms with Gasteiger partial charge in [-0.3, -0.25) is 0 Å². The second kappa shape index (κ2) is 9.12. The highest BCUT2D eigenvalue weighted by Gasteiger charge is 2.33. The zero-order valence-corrected chi connectivity index (χ0v) is 23.8. The molecule has 0 saturated carbocycles. The monoisotopic (exact) mass is 496 g/mol. The van der Waals surface area contributed by atoms with Crippen molar-refractivity contribution >= 4 is 22.4 Å². The summed E-state index contributed by atoms with van der Waals surface area (Å²) in [5.41, 5.74) is 10.3. The molecule has 6 rings (SSSR count). The van der Waals surface area contributed by atoms with Gasteiger partial charge in [0.1, 0.15) is 0 Å². The molecule has 0 N–H and O–H groups in total. The predicted octanol–water partition coefficient (Wildman–Crippen LogP) is 10.5. The first-order valence-electron chi connectivity index (χ1n) is 14.2. The fraction of sp³-hybridized carbons (Fsp3) is 0.316. The van der Waals surface area contributed by atoms with Gasteiger partial charge in [-0.25, -0.2) is 0 Å². The number of allylic oxidation sites excluding steroid dienone is 9. The third-order valence-corrected chi connectivity index (χ3v) is 8.75. The van der Waals surface area contributed by atoms with Crippen molar-refractivity contribution in [2.24, 2.45) is 11.3 Å². The highest BCUT2D eigenvalue weighted by molar-refractivity contribution is 6.00. The van der Waals surface area contributed by atoms with Crippen molar-refractivity contribution in [3.8, 4) is 0 Å². The number of fused-ring (bicyclic) bond motifs is 5. The average Bonchev–Trinajstić information content (AvgIpc) is 2.91. The number of hydrogen-bond donors (Lipinski definition) is 0. The quantitative estimate of drug-likeness (QED) is 0.331. The highest BCUT2D eigenvalue weighted by Crippen LogP contribution is 2.50. The molecule has 0 fully saturated rings. The Balaban J connectivity index is 1.56. The molecule has 0 radical (unpaired) electrons. The molecule has 192 valence electrons. The number of rotatable bonds is 2. The molecule has 3 aliphatic rings. The Labute approximate surface area is 229 Å². The van der Waals surface area contributed by atoms with Crippen LogP contribution in [0.3, 0.4) is 0 Å². The Morgan fingerprint density at radius 1 is 0.711 bits per heavy atom. The van der Waals surface area contributed by atoms with E-state index < -0.39 is 0 Å². The molecule has 0 nitrogen and oxygen atoms in total. The maximum Gasteiger partial charge on any atom is 0.0131 e. The molecule has 0 amide bonds. The van der Waals surface area contributed by atoms with Crippen LogP contribution in [-0.4, -0.2) is 0 Å². The smallest absolute Gasteiger partial charge is 0.0131 e. The largest absolute Gasteiger partial charge is 0.0799 e. The molecule has 0 heteroatoms. The van der Waals surface area contributed by atoms with E-state index in [1.54, 1.807) is 0 Å². The minimum atomic E-state index is 0.0938. The van der Waals surface area contributed by atoms with Gasteiger partial charge in [-0.1, -0.05) is 139 Å². The van der Waals surface area contributed by atoms with E-state index in [9.17, 15) is 0 Å². The maximum atomic E-state index is 2.52. The van der Waals surface area contributed by atoms with Crippen LogP contribution in [0.1, 0.15) is 87.6 Å². The SMILES string of the molecule is CC(C)(C)C1=CCC(c2ccc(C(C)(C)C)cc2C2=Cc3c(ccc4ccccc34)C3C=CC=CC23)C=C1. The first kappa shape index (κ1) is 24.9. The van der Waals surface area contributed by atoms with Gasteiger partial charge in [0.2, 0.25) is 0 Å². The summed E-state index contributed by atoms with van der Waals surface area (Å²) in [5.74, 6) is 1.09. The lowest BCUT2D eigenvalue weighted by Crippen LogP contribution is -2.20. The normalized spacial score (nSPS) is 22.6. The first-order chi connectivity index (χ1) is 18.1. The lowest BCUT2D eigenvalue weighted by atomic mass is 9.68. The summed E-state index contributed by atoms with van der Waals surface area (Å²) in [6.07, 6.45) is 20.2. The Kier molecular flexibility index (Phi) is 5.98. The van der Waals surface area contributed by atoms with E-state index in [0.29, 0.717) is 17.8 Å². The molecular weight excluding hydrogens is 456 g/mol. The lowest BCUT2D eigenvalue weighted by Gasteiger charge is -2.35. The fourth-order valence-corrected chi connectivity index (χ4v) is 6.48. The van der Waals surface area contributed by atoms with Crippen molar-refractivity contribution in [2.75, 3.05) is 0 Å². The maximum absolute atomic E-state index is 2.52. The molecule has 38 heavy (non-hydrogen) atoms. The molecule has 0 saturated heterocycles. The highest BCUT2D eigenvalue weighted by atomic mass is 14.4. The van der Waals surface area contributed by atoms with Crippen LogP contribution >= 0.6 is 0 Å². The van der Waals surface area contributed by atoms with Gasteiger partial charge < -0.3 is 0 Å². The molecule has 3 aromatic rings. The van der Waals surface area contributed by atoms with Crippen molar-refractivity contribution in [3.63, 3.8) is 0 Å². The topological polar surface area (TPSA) is 0 Å². The van der Waals surface area contributed by atoms with Gasteiger partial charge in [-0.05, 0) is 73.1 Å². The molecule has 0 aliphatic heterocycles. The third kappa shape index (κ3) is 4.35. The zero-order valence-electron chi connectivity index (χ0n) is 23.8. The Morgan fingerprint density at radius 2 is 1.45 bits per heavy atom. The van der Waals surface area contributed by atoms with E-state index in [2.05, 4.69) is 145 Å². The molecule has 0 spiro atoms. The van der Waals surface area contributed by atoms with Crippen LogP contribution in [0.15, 0.2) is 103 Å². The summed E-state index contributed by atoms with van der Waals surface area (Å²) < 4.78 is 0. The van der Waals surface area contributed by atoms with Gasteiger partial charge in [0.15, 0.2) is 0 Å². The first-order valence-corrected chi connectivity index (χ1v) is 14.2. The molecular formula is C38H40. The Hall–Kier alpha value is -3.38. The summed E-state index contributed by atoms with van der Waals surface area (Å²) in [5, 5.41) is 2.67. The van der Waals surface area contributed by atoms with E-state index in [1.165, 1.54) is 49.7 Å². The van der Waals surface area contributed by atoms with Gasteiger partial charge >= 0.3 is 0 Å². The molecule has 3 aromatic carbocycles. The van der Waals surface area contributed by atoms with Crippen molar-refractivity contribution in [3.05, 3.63) is 131 Å². The van der Waals surface area contributed by atoms with Crippen molar-refractivity contribution in [1.29, 1.82) is 0 Å². The van der Waals surface area contributed by atoms with E-state index in [0.717, 1.165) is 6.42 Å². The summed E-state index contributed by atoms with van der Waals surface area (Å²) in [6, 6.07) is 20.8. The van der Waals surface area contributed by atoms with Crippen molar-refractivity contribution < 1.29 is 0 Å². The van der Waals surface area contributed by atoms with E-state index >= 15 is 0 Å². The molecule has 3 unspecified atom stereocenters. The van der Waals surface area contributed by atoms with E-state index in [4.69, 9.17) is 0 Å². The second-order valence-corrected chi connectivity index (χ2v) is 13.4. The second-order valence-electron chi connectivity index (χ2n) is 13.4. The van der Waals surface area contributed by atoms with Crippen LogP contribution in [-0.2, 0) is 5.41 Å². The lowest BCUT2D eigenvalue weighted by molar-refractivity contribution is 0.510. The standard InChI is InChI=1S/C38H40/c1-37(2,3)27-18-15-26(16-19-27)30-22-20-28(38(4,5)6)23-34(30)36-24-35-29-12-8-7-11-25(29)17-21-33(35)31-13-9-10-14-32(31)36/h7-15,17-24,26,31-32H,16H2,1-6H3. The van der Waals surface area contributed by atoms with Crippen LogP contribution in [0, 0.1) is 11.3 Å². The van der Waals surface area contributed by atoms with Gasteiger partial charge in [-0.2, -0.15) is 0 Å². The molecule has 0 aromatic heterocycles. The third-order valence-electron chi connectivity index (χ3n) is 8.75. The molecule has 3 atom stereocenters. The zero-order chi connectivity index (χ0) is 26.7. The van der Waals surface area contributed by atoms with E-state index in [1.807, 2.05) is 0 Å². The Morgan fingerprint density at radius 3 is 2.16 bits per heavy atom. The van der Waals surface area contributed by atoms with Gasteiger partial charge in [0.25, 0.3) is 0 Å². The van der Waals surface area contributed by atoms with Crippen LogP contribution in [0.25, 0.3) is 22.4 Å². The van der Waals surface area contributed by atoms with Crippen molar-refractivity contribution in [1.82, 2.24) is 0 Å². The molecule has 0 heterocycles. The van der Waals surface area contributed by atoms with Gasteiger partial charge in [-0.15, -0.1) is 0 Å². The van der Waals surface area contributed by atoms with Crippen LogP contribution < -0.4 is 0 Å². The average molecular weight is 497 g/mol. The van der Waals surface area contributed by atoms with Crippen molar-refractivity contribution in [2.45, 2.75) is 65.2 Å². The van der Waals surface area contributed by atoms with Crippen LogP contribution in [0.2, 0.25) is 0 Å². The number of benzene rings is 3. The molecule has 3 aliphatic carbocycles. The predicted molar refractivity (Wildman–Crippen MR) is 166 cm³/mol. The Bertz CT molecular complexity index is 1550.